The van der Waals surface area contributed by atoms with Crippen LogP contribution in [0.1, 0.15) is 38.7 Å². The van der Waals surface area contributed by atoms with Crippen LogP contribution in [0.5, 0.6) is 5.75 Å². The molecule has 1 fully saturated rings. The van der Waals surface area contributed by atoms with Gasteiger partial charge in [0.15, 0.2) is 0 Å². The van der Waals surface area contributed by atoms with Crippen molar-refractivity contribution in [2.75, 3.05) is 26.5 Å². The molecule has 0 spiro atoms. The summed E-state index contributed by atoms with van der Waals surface area (Å²) in [6.45, 7) is 5.70. The third-order valence-corrected chi connectivity index (χ3v) is 4.81. The second kappa shape index (κ2) is 7.17. The Labute approximate surface area is 129 Å². The minimum absolute atomic E-state index is 0.553. The lowest BCUT2D eigenvalue weighted by molar-refractivity contribution is 0.252. The van der Waals surface area contributed by atoms with Crippen LogP contribution in [0.2, 0.25) is 0 Å². The highest BCUT2D eigenvalue weighted by Crippen LogP contribution is 2.34. The molecule has 1 aliphatic rings. The summed E-state index contributed by atoms with van der Waals surface area (Å²) in [6.07, 6.45) is 3.94. The Morgan fingerprint density at radius 3 is 2.67 bits per heavy atom. The summed E-state index contributed by atoms with van der Waals surface area (Å²) in [6, 6.07) is 7.03. The lowest BCUT2D eigenvalue weighted by Gasteiger charge is -2.35. The molecule has 0 aliphatic heterocycles. The first-order chi connectivity index (χ1) is 10.0. The van der Waals surface area contributed by atoms with Crippen LogP contribution in [-0.2, 0) is 6.54 Å². The predicted molar refractivity (Wildman–Crippen MR) is 90.0 cm³/mol. The molecule has 1 N–H and O–H groups in total. The van der Waals surface area contributed by atoms with E-state index in [1.807, 2.05) is 0 Å². The first kappa shape index (κ1) is 16.2. The van der Waals surface area contributed by atoms with E-state index in [4.69, 9.17) is 4.74 Å². The van der Waals surface area contributed by atoms with Gasteiger partial charge in [-0.25, -0.2) is 0 Å². The van der Waals surface area contributed by atoms with E-state index in [9.17, 15) is 0 Å². The van der Waals surface area contributed by atoms with E-state index in [-0.39, 0.29) is 0 Å². The van der Waals surface area contributed by atoms with E-state index in [0.717, 1.165) is 23.9 Å². The Hall–Kier alpha value is -1.22. The molecule has 3 atom stereocenters. The Bertz CT molecular complexity index is 459. The predicted octanol–water partition coefficient (Wildman–Crippen LogP) is 3.99. The van der Waals surface area contributed by atoms with Crippen molar-refractivity contribution in [2.24, 2.45) is 11.8 Å². The Morgan fingerprint density at radius 2 is 2.00 bits per heavy atom. The highest BCUT2D eigenvalue weighted by molar-refractivity contribution is 5.58. The summed E-state index contributed by atoms with van der Waals surface area (Å²) in [5.74, 6) is 2.45. The van der Waals surface area contributed by atoms with Crippen LogP contribution in [0.15, 0.2) is 18.2 Å². The van der Waals surface area contributed by atoms with Crippen molar-refractivity contribution in [3.8, 4) is 5.75 Å². The number of rotatable bonds is 5. The maximum Gasteiger partial charge on any atom is 0.141 e. The van der Waals surface area contributed by atoms with E-state index >= 15 is 0 Å². The molecule has 0 heterocycles. The van der Waals surface area contributed by atoms with Gasteiger partial charge >= 0.3 is 0 Å². The smallest absolute Gasteiger partial charge is 0.141 e. The highest BCUT2D eigenvalue weighted by atomic mass is 16.5. The van der Waals surface area contributed by atoms with E-state index in [1.165, 1.54) is 24.8 Å². The minimum Gasteiger partial charge on any atom is -0.495 e. The van der Waals surface area contributed by atoms with Crippen molar-refractivity contribution >= 4 is 5.69 Å². The first-order valence-corrected chi connectivity index (χ1v) is 8.09. The van der Waals surface area contributed by atoms with Gasteiger partial charge in [0.1, 0.15) is 5.75 Å². The van der Waals surface area contributed by atoms with Crippen LogP contribution in [0.4, 0.5) is 5.69 Å². The minimum atomic E-state index is 0.553. The van der Waals surface area contributed by atoms with E-state index in [2.05, 4.69) is 56.4 Å². The molecule has 1 saturated carbocycles. The van der Waals surface area contributed by atoms with Crippen molar-refractivity contribution in [3.05, 3.63) is 23.8 Å². The number of benzene rings is 1. The highest BCUT2D eigenvalue weighted by Gasteiger charge is 2.27. The standard InChI is InChI=1S/C18H30N2O/c1-13-7-6-8-16(14(13)2)19-17-11-15(12-20(3)4)9-10-18(17)21-5/h9-11,13-14,16,19H,6-8,12H2,1-5H3. The van der Waals surface area contributed by atoms with Crippen LogP contribution in [0.25, 0.3) is 0 Å². The van der Waals surface area contributed by atoms with Gasteiger partial charge in [-0.3, -0.25) is 0 Å². The van der Waals surface area contributed by atoms with E-state index in [0.29, 0.717) is 12.0 Å². The normalized spacial score (nSPS) is 25.9. The van der Waals surface area contributed by atoms with Crippen LogP contribution in [-0.4, -0.2) is 32.1 Å². The molecular formula is C18H30N2O. The molecule has 0 radical (unpaired) electrons. The molecule has 3 nitrogen and oxygen atoms in total. The number of nitrogens with zero attached hydrogens (tertiary/aromatic N) is 1. The zero-order valence-corrected chi connectivity index (χ0v) is 14.1. The number of ether oxygens (including phenoxy) is 1. The van der Waals surface area contributed by atoms with Crippen LogP contribution < -0.4 is 10.1 Å². The van der Waals surface area contributed by atoms with Crippen LogP contribution in [0.3, 0.4) is 0 Å². The lowest BCUT2D eigenvalue weighted by atomic mass is 9.78. The topological polar surface area (TPSA) is 24.5 Å². The van der Waals surface area contributed by atoms with E-state index < -0.39 is 0 Å². The molecule has 3 unspecified atom stereocenters. The summed E-state index contributed by atoms with van der Waals surface area (Å²) < 4.78 is 5.53. The number of anilines is 1. The quantitative estimate of drug-likeness (QED) is 0.887. The summed E-state index contributed by atoms with van der Waals surface area (Å²) in [5.41, 5.74) is 2.46. The van der Waals surface area contributed by atoms with Crippen molar-refractivity contribution in [3.63, 3.8) is 0 Å². The molecule has 21 heavy (non-hydrogen) atoms. The number of hydrogen-bond acceptors (Lipinski definition) is 3. The second-order valence-electron chi connectivity index (χ2n) is 6.79. The van der Waals surface area contributed by atoms with Crippen molar-refractivity contribution in [2.45, 2.75) is 45.7 Å². The molecule has 1 aliphatic carbocycles. The van der Waals surface area contributed by atoms with Gasteiger partial charge in [-0.15, -0.1) is 0 Å². The van der Waals surface area contributed by atoms with Crippen LogP contribution in [0, 0.1) is 11.8 Å². The lowest BCUT2D eigenvalue weighted by Crippen LogP contribution is -2.35. The molecule has 1 aromatic carbocycles. The van der Waals surface area contributed by atoms with Gasteiger partial charge in [-0.2, -0.15) is 0 Å². The first-order valence-electron chi connectivity index (χ1n) is 8.09. The number of hydrogen-bond donors (Lipinski definition) is 1. The number of nitrogens with one attached hydrogen (secondary N) is 1. The fraction of sp³-hybridized carbons (Fsp3) is 0.667. The SMILES string of the molecule is COc1ccc(CN(C)C)cc1NC1CCCC(C)C1C. The van der Waals surface area contributed by atoms with Gasteiger partial charge in [0.25, 0.3) is 0 Å². The zero-order chi connectivity index (χ0) is 15.4. The van der Waals surface area contributed by atoms with E-state index in [1.54, 1.807) is 7.11 Å². The fourth-order valence-electron chi connectivity index (χ4n) is 3.32. The molecule has 0 aromatic heterocycles. The molecule has 1 aromatic rings. The van der Waals surface area contributed by atoms with Gasteiger partial charge in [0.05, 0.1) is 12.8 Å². The molecular weight excluding hydrogens is 260 g/mol. The Morgan fingerprint density at radius 1 is 1.24 bits per heavy atom. The van der Waals surface area contributed by atoms with Gasteiger partial charge in [0, 0.05) is 12.6 Å². The third kappa shape index (κ3) is 4.13. The molecule has 3 heteroatoms. The largest absolute Gasteiger partial charge is 0.495 e. The van der Waals surface area contributed by atoms with Gasteiger partial charge in [-0.1, -0.05) is 32.8 Å². The summed E-state index contributed by atoms with van der Waals surface area (Å²) in [7, 11) is 5.95. The second-order valence-corrected chi connectivity index (χ2v) is 6.79. The molecule has 2 rings (SSSR count). The van der Waals surface area contributed by atoms with Crippen molar-refractivity contribution in [1.82, 2.24) is 4.90 Å². The molecule has 118 valence electrons. The number of methoxy groups -OCH3 is 1. The van der Waals surface area contributed by atoms with Crippen LogP contribution >= 0.6 is 0 Å². The zero-order valence-electron chi connectivity index (χ0n) is 14.1. The molecule has 0 amide bonds. The molecule has 0 bridgehead atoms. The Balaban J connectivity index is 2.16. The maximum atomic E-state index is 5.53. The van der Waals surface area contributed by atoms with Gasteiger partial charge < -0.3 is 15.0 Å². The summed E-state index contributed by atoms with van der Waals surface area (Å²) in [5, 5.41) is 3.75. The Kier molecular flexibility index (Phi) is 5.51. The average Bonchev–Trinajstić information content (AvgIpc) is 2.43. The average molecular weight is 290 g/mol. The monoisotopic (exact) mass is 290 g/mol. The van der Waals surface area contributed by atoms with Gasteiger partial charge in [0.2, 0.25) is 0 Å². The maximum absolute atomic E-state index is 5.53. The summed E-state index contributed by atoms with van der Waals surface area (Å²) >= 11 is 0. The fourth-order valence-corrected chi connectivity index (χ4v) is 3.32. The summed E-state index contributed by atoms with van der Waals surface area (Å²) in [4.78, 5) is 2.19. The van der Waals surface area contributed by atoms with Crippen molar-refractivity contribution in [1.29, 1.82) is 0 Å². The van der Waals surface area contributed by atoms with Crippen molar-refractivity contribution < 1.29 is 4.74 Å². The third-order valence-electron chi connectivity index (χ3n) is 4.81. The van der Waals surface area contributed by atoms with Gasteiger partial charge in [-0.05, 0) is 50.0 Å². The molecule has 0 saturated heterocycles.